The van der Waals surface area contributed by atoms with E-state index < -0.39 is 15.7 Å². The molecule has 0 radical (unpaired) electrons. The Hall–Kier alpha value is -2.60. The summed E-state index contributed by atoms with van der Waals surface area (Å²) in [6, 6.07) is 9.04. The van der Waals surface area contributed by atoms with Gasteiger partial charge < -0.3 is 18.9 Å². The molecule has 8 nitrogen and oxygen atoms in total. The Morgan fingerprint density at radius 1 is 1.11 bits per heavy atom. The molecule has 1 aromatic carbocycles. The van der Waals surface area contributed by atoms with Gasteiger partial charge in [-0.3, -0.25) is 4.79 Å². The van der Waals surface area contributed by atoms with Gasteiger partial charge in [0.15, 0.2) is 0 Å². The van der Waals surface area contributed by atoms with E-state index >= 15 is 0 Å². The lowest BCUT2D eigenvalue weighted by atomic mass is 10.2. The summed E-state index contributed by atoms with van der Waals surface area (Å²) in [5.41, 5.74) is 1.10. The fraction of sp³-hybridized carbons (Fsp3) is 0.462. The molecule has 0 N–H and O–H groups in total. The first-order valence-electron chi connectivity index (χ1n) is 12.5. The summed E-state index contributed by atoms with van der Waals surface area (Å²) in [5.74, 6) is -0.848. The van der Waals surface area contributed by atoms with E-state index in [4.69, 9.17) is 9.47 Å². The van der Waals surface area contributed by atoms with Gasteiger partial charge in [0.1, 0.15) is 5.82 Å². The van der Waals surface area contributed by atoms with Crippen LogP contribution in [0.4, 0.5) is 4.39 Å². The second-order valence-corrected chi connectivity index (χ2v) is 12.3. The summed E-state index contributed by atoms with van der Waals surface area (Å²) >= 11 is 1.37. The summed E-state index contributed by atoms with van der Waals surface area (Å²) in [6.07, 6.45) is 4.91. The minimum absolute atomic E-state index is 0.0554. The molecule has 2 aliphatic heterocycles. The van der Waals surface area contributed by atoms with E-state index in [1.807, 2.05) is 11.4 Å². The summed E-state index contributed by atoms with van der Waals surface area (Å²) < 4.78 is 53.6. The molecule has 0 unspecified atom stereocenters. The number of thiophene rings is 1. The molecule has 198 valence electrons. The van der Waals surface area contributed by atoms with Crippen molar-refractivity contribution in [2.75, 3.05) is 19.8 Å². The first kappa shape index (κ1) is 26.0. The second kappa shape index (κ2) is 11.4. The quantitative estimate of drug-likeness (QED) is 0.380. The third-order valence-electron chi connectivity index (χ3n) is 6.68. The van der Waals surface area contributed by atoms with Gasteiger partial charge in [0.25, 0.3) is 5.91 Å². The number of hydrogen-bond donors (Lipinski definition) is 0. The number of halogens is 1. The zero-order chi connectivity index (χ0) is 25.8. The van der Waals surface area contributed by atoms with Crippen LogP contribution in [0.3, 0.4) is 0 Å². The zero-order valence-corrected chi connectivity index (χ0v) is 22.1. The molecule has 2 aliphatic rings. The minimum Gasteiger partial charge on any atom is -0.376 e. The van der Waals surface area contributed by atoms with E-state index in [9.17, 15) is 17.6 Å². The number of ether oxygens (including phenoxy) is 2. The van der Waals surface area contributed by atoms with Crippen molar-refractivity contribution in [3.05, 3.63) is 69.9 Å². The van der Waals surface area contributed by atoms with Gasteiger partial charge in [-0.25, -0.2) is 17.8 Å². The van der Waals surface area contributed by atoms with Crippen molar-refractivity contribution in [3.63, 3.8) is 0 Å². The van der Waals surface area contributed by atoms with Crippen LogP contribution in [0.25, 0.3) is 0 Å². The van der Waals surface area contributed by atoms with E-state index in [1.54, 1.807) is 15.5 Å². The van der Waals surface area contributed by atoms with Gasteiger partial charge in [0, 0.05) is 19.8 Å². The molecule has 4 heterocycles. The number of rotatable bonds is 10. The van der Waals surface area contributed by atoms with Crippen LogP contribution >= 0.6 is 11.3 Å². The number of aromatic nitrogens is 2. The Morgan fingerprint density at radius 3 is 2.49 bits per heavy atom. The van der Waals surface area contributed by atoms with Crippen LogP contribution in [-0.2, 0) is 38.2 Å². The summed E-state index contributed by atoms with van der Waals surface area (Å²) in [6.45, 7) is 2.25. The van der Waals surface area contributed by atoms with Gasteiger partial charge >= 0.3 is 0 Å². The van der Waals surface area contributed by atoms with E-state index in [0.717, 1.165) is 25.7 Å². The lowest BCUT2D eigenvalue weighted by Gasteiger charge is -2.26. The molecule has 3 aromatic rings. The topological polar surface area (TPSA) is 90.7 Å². The second-order valence-electron chi connectivity index (χ2n) is 9.46. The van der Waals surface area contributed by atoms with Crippen LogP contribution in [0.5, 0.6) is 0 Å². The van der Waals surface area contributed by atoms with Crippen molar-refractivity contribution in [2.24, 2.45) is 0 Å². The van der Waals surface area contributed by atoms with Gasteiger partial charge in [-0.15, -0.1) is 11.3 Å². The Morgan fingerprint density at radius 2 is 1.84 bits per heavy atom. The highest BCUT2D eigenvalue weighted by atomic mass is 32.2. The molecule has 1 amide bonds. The molecule has 2 fully saturated rings. The van der Waals surface area contributed by atoms with Gasteiger partial charge in [0.2, 0.25) is 15.0 Å². The van der Waals surface area contributed by atoms with Crippen molar-refractivity contribution in [1.29, 1.82) is 0 Å². The fourth-order valence-corrected chi connectivity index (χ4v) is 7.02. The molecule has 11 heteroatoms. The lowest BCUT2D eigenvalue weighted by Crippen LogP contribution is -2.37. The van der Waals surface area contributed by atoms with E-state index in [-0.39, 0.29) is 35.6 Å². The van der Waals surface area contributed by atoms with E-state index in [1.165, 1.54) is 41.8 Å². The average molecular weight is 548 g/mol. The molecule has 2 aromatic heterocycles. The largest absolute Gasteiger partial charge is 0.376 e. The lowest BCUT2D eigenvalue weighted by molar-refractivity contribution is 0.0500. The molecule has 0 aliphatic carbocycles. The number of carbonyl (C=O) groups is 1. The SMILES string of the molecule is O=C(c1cccs1)N(Cc1cnc(S(=O)(=O)Cc2ccc(F)cc2)n1C[C@@H]1CCCO1)C[C@@H]1CCCO1. The first-order chi connectivity index (χ1) is 17.9. The Balaban J connectivity index is 1.45. The van der Waals surface area contributed by atoms with E-state index in [0.29, 0.717) is 42.4 Å². The third-order valence-corrected chi connectivity index (χ3v) is 9.13. The maximum Gasteiger partial charge on any atom is 0.264 e. The fourth-order valence-electron chi connectivity index (χ4n) is 4.82. The van der Waals surface area contributed by atoms with Crippen molar-refractivity contribution >= 4 is 27.1 Å². The summed E-state index contributed by atoms with van der Waals surface area (Å²) in [7, 11) is -3.85. The normalized spacial score (nSPS) is 19.9. The highest BCUT2D eigenvalue weighted by Crippen LogP contribution is 2.24. The molecule has 37 heavy (non-hydrogen) atoms. The molecule has 2 saturated heterocycles. The maximum atomic E-state index is 13.5. The molecule has 5 rings (SSSR count). The van der Waals surface area contributed by atoms with Crippen LogP contribution in [0, 0.1) is 5.82 Å². The number of benzene rings is 1. The van der Waals surface area contributed by atoms with Crippen LogP contribution in [0.15, 0.2) is 53.1 Å². The van der Waals surface area contributed by atoms with Crippen molar-refractivity contribution in [2.45, 2.75) is 61.9 Å². The van der Waals surface area contributed by atoms with Crippen LogP contribution in [0.1, 0.15) is 46.6 Å². The summed E-state index contributed by atoms with van der Waals surface area (Å²) in [5, 5.41) is 1.79. The molecule has 2 atom stereocenters. The number of amides is 1. The highest BCUT2D eigenvalue weighted by Gasteiger charge is 2.30. The average Bonchev–Trinajstić information content (AvgIpc) is 3.69. The Bertz CT molecular complexity index is 1300. The molecule has 0 saturated carbocycles. The number of imidazole rings is 1. The predicted molar refractivity (Wildman–Crippen MR) is 137 cm³/mol. The van der Waals surface area contributed by atoms with Gasteiger partial charge in [0.05, 0.1) is 47.8 Å². The van der Waals surface area contributed by atoms with Gasteiger partial charge in [-0.2, -0.15) is 0 Å². The monoisotopic (exact) mass is 547 g/mol. The van der Waals surface area contributed by atoms with Crippen molar-refractivity contribution in [1.82, 2.24) is 14.5 Å². The van der Waals surface area contributed by atoms with Gasteiger partial charge in [-0.05, 0) is 54.8 Å². The number of nitrogens with zero attached hydrogens (tertiary/aromatic N) is 3. The summed E-state index contributed by atoms with van der Waals surface area (Å²) in [4.78, 5) is 20.1. The number of sulfone groups is 1. The maximum absolute atomic E-state index is 13.5. The minimum atomic E-state index is -3.85. The smallest absolute Gasteiger partial charge is 0.264 e. The number of hydrogen-bond acceptors (Lipinski definition) is 7. The predicted octanol–water partition coefficient (Wildman–Crippen LogP) is 4.06. The zero-order valence-electron chi connectivity index (χ0n) is 20.4. The first-order valence-corrected chi connectivity index (χ1v) is 15.0. The van der Waals surface area contributed by atoms with Crippen LogP contribution < -0.4 is 0 Å². The number of carbonyl (C=O) groups excluding carboxylic acids is 1. The van der Waals surface area contributed by atoms with Crippen LogP contribution in [0.2, 0.25) is 0 Å². The highest BCUT2D eigenvalue weighted by molar-refractivity contribution is 7.90. The Kier molecular flexibility index (Phi) is 8.04. The van der Waals surface area contributed by atoms with Gasteiger partial charge in [-0.1, -0.05) is 18.2 Å². The molecule has 0 spiro atoms. The Labute approximate surface area is 219 Å². The molecule has 0 bridgehead atoms. The van der Waals surface area contributed by atoms with Crippen LogP contribution in [-0.4, -0.2) is 60.7 Å². The van der Waals surface area contributed by atoms with Crippen molar-refractivity contribution in [3.8, 4) is 0 Å². The van der Waals surface area contributed by atoms with Crippen molar-refractivity contribution < 1.29 is 27.1 Å². The standard InChI is InChI=1S/C26H30FN3O5S2/c27-20-9-7-19(8-10-20)18-37(32,33)26-28-14-21(30(26)17-23-5-2-12-35-23)15-29(16-22-4-1-11-34-22)25(31)24-6-3-13-36-24/h3,6-10,13-14,22-23H,1-2,4-5,11-12,15-18H2/t22-,23-/m0/s1. The third kappa shape index (κ3) is 6.28. The molecular formula is C26H30FN3O5S2. The van der Waals surface area contributed by atoms with E-state index in [2.05, 4.69) is 4.98 Å². The molecular weight excluding hydrogens is 517 g/mol.